The van der Waals surface area contributed by atoms with Crippen molar-refractivity contribution in [2.24, 2.45) is 0 Å². The van der Waals surface area contributed by atoms with Gasteiger partial charge in [0, 0.05) is 24.7 Å². The molecule has 5 heteroatoms. The summed E-state index contributed by atoms with van der Waals surface area (Å²) in [5, 5.41) is 10.6. The van der Waals surface area contributed by atoms with Gasteiger partial charge in [0.05, 0.1) is 11.0 Å². The maximum absolute atomic E-state index is 12.5. The zero-order valence-corrected chi connectivity index (χ0v) is 12.8. The number of carbonyl (C=O) groups is 1. The summed E-state index contributed by atoms with van der Waals surface area (Å²) in [5.74, 6) is -0.164. The lowest BCUT2D eigenvalue weighted by Crippen LogP contribution is -2.29. The number of carbonyl (C=O) groups excluding carboxylic acids is 1. The van der Waals surface area contributed by atoms with Crippen LogP contribution in [0.15, 0.2) is 48.5 Å². The smallest absolute Gasteiger partial charge is 0.269 e. The molecule has 0 heterocycles. The Hall–Kier alpha value is -2.69. The number of nitro groups is 1. The van der Waals surface area contributed by atoms with Gasteiger partial charge in [0.2, 0.25) is 0 Å². The Kier molecular flexibility index (Phi) is 4.56. The third kappa shape index (κ3) is 3.31. The summed E-state index contributed by atoms with van der Waals surface area (Å²) >= 11 is 0. The summed E-state index contributed by atoms with van der Waals surface area (Å²) in [6.07, 6.45) is 0. The fourth-order valence-corrected chi connectivity index (χ4v) is 2.17. The van der Waals surface area contributed by atoms with Gasteiger partial charge in [0.1, 0.15) is 0 Å². The van der Waals surface area contributed by atoms with Crippen LogP contribution in [-0.4, -0.2) is 22.8 Å². The van der Waals surface area contributed by atoms with Crippen LogP contribution in [0.25, 0.3) is 0 Å². The third-order valence-electron chi connectivity index (χ3n) is 3.79. The molecule has 0 spiro atoms. The highest BCUT2D eigenvalue weighted by atomic mass is 16.6. The van der Waals surface area contributed by atoms with Gasteiger partial charge in [-0.15, -0.1) is 0 Å². The fourth-order valence-electron chi connectivity index (χ4n) is 2.17. The zero-order valence-electron chi connectivity index (χ0n) is 12.8. The number of aryl methyl sites for hydroxylation is 1. The Labute approximate surface area is 129 Å². The molecule has 1 atom stereocenters. The first-order chi connectivity index (χ1) is 10.4. The summed E-state index contributed by atoms with van der Waals surface area (Å²) in [7, 11) is 1.73. The number of amides is 1. The van der Waals surface area contributed by atoms with Crippen LogP contribution in [0.1, 0.15) is 34.5 Å². The van der Waals surface area contributed by atoms with E-state index >= 15 is 0 Å². The highest BCUT2D eigenvalue weighted by Crippen LogP contribution is 2.22. The van der Waals surface area contributed by atoms with Crippen molar-refractivity contribution < 1.29 is 9.72 Å². The standard InChI is InChI=1S/C17H18N2O3/c1-12-4-6-14(7-5-12)13(2)18(3)17(20)15-8-10-16(11-9-15)19(21)22/h4-11,13H,1-3H3. The predicted octanol–water partition coefficient (Wildman–Crippen LogP) is 3.74. The van der Waals surface area contributed by atoms with Gasteiger partial charge < -0.3 is 4.90 Å². The van der Waals surface area contributed by atoms with E-state index in [4.69, 9.17) is 0 Å². The maximum atomic E-state index is 12.5. The van der Waals surface area contributed by atoms with E-state index in [9.17, 15) is 14.9 Å². The first kappa shape index (κ1) is 15.7. The van der Waals surface area contributed by atoms with Crippen molar-refractivity contribution in [3.63, 3.8) is 0 Å². The van der Waals surface area contributed by atoms with E-state index < -0.39 is 4.92 Å². The molecule has 0 saturated carbocycles. The van der Waals surface area contributed by atoms with Crippen LogP contribution < -0.4 is 0 Å². The van der Waals surface area contributed by atoms with Crippen molar-refractivity contribution in [1.29, 1.82) is 0 Å². The molecule has 0 saturated heterocycles. The molecule has 1 unspecified atom stereocenters. The summed E-state index contributed by atoms with van der Waals surface area (Å²) in [4.78, 5) is 24.3. The van der Waals surface area contributed by atoms with Gasteiger partial charge in [-0.3, -0.25) is 14.9 Å². The maximum Gasteiger partial charge on any atom is 0.269 e. The lowest BCUT2D eigenvalue weighted by molar-refractivity contribution is -0.384. The van der Waals surface area contributed by atoms with E-state index in [1.807, 2.05) is 38.1 Å². The fraction of sp³-hybridized carbons (Fsp3) is 0.235. The van der Waals surface area contributed by atoms with Gasteiger partial charge in [-0.25, -0.2) is 0 Å². The number of nitro benzene ring substituents is 1. The molecular formula is C17H18N2O3. The van der Waals surface area contributed by atoms with E-state index in [0.29, 0.717) is 5.56 Å². The molecule has 0 bridgehead atoms. The minimum absolute atomic E-state index is 0.0224. The van der Waals surface area contributed by atoms with Gasteiger partial charge in [-0.1, -0.05) is 29.8 Å². The van der Waals surface area contributed by atoms with Crippen molar-refractivity contribution in [1.82, 2.24) is 4.90 Å². The lowest BCUT2D eigenvalue weighted by Gasteiger charge is -2.25. The number of benzene rings is 2. The van der Waals surface area contributed by atoms with Crippen molar-refractivity contribution in [2.45, 2.75) is 19.9 Å². The van der Waals surface area contributed by atoms with Crippen LogP contribution in [0.5, 0.6) is 0 Å². The van der Waals surface area contributed by atoms with E-state index in [1.54, 1.807) is 11.9 Å². The number of hydrogen-bond acceptors (Lipinski definition) is 3. The third-order valence-corrected chi connectivity index (χ3v) is 3.79. The van der Waals surface area contributed by atoms with Gasteiger partial charge in [0.25, 0.3) is 11.6 Å². The molecule has 22 heavy (non-hydrogen) atoms. The van der Waals surface area contributed by atoms with Crippen LogP contribution in [0.4, 0.5) is 5.69 Å². The van der Waals surface area contributed by atoms with E-state index in [-0.39, 0.29) is 17.6 Å². The predicted molar refractivity (Wildman–Crippen MR) is 84.8 cm³/mol. The molecule has 2 rings (SSSR count). The Morgan fingerprint density at radius 1 is 1.09 bits per heavy atom. The van der Waals surface area contributed by atoms with Crippen molar-refractivity contribution >= 4 is 11.6 Å². The van der Waals surface area contributed by atoms with Crippen LogP contribution >= 0.6 is 0 Å². The largest absolute Gasteiger partial charge is 0.335 e. The average Bonchev–Trinajstić information content (AvgIpc) is 2.53. The first-order valence-corrected chi connectivity index (χ1v) is 6.98. The summed E-state index contributed by atoms with van der Waals surface area (Å²) < 4.78 is 0. The minimum atomic E-state index is -0.479. The zero-order chi connectivity index (χ0) is 16.3. The SMILES string of the molecule is Cc1ccc(C(C)N(C)C(=O)c2ccc([N+](=O)[O-])cc2)cc1. The quantitative estimate of drug-likeness (QED) is 0.638. The topological polar surface area (TPSA) is 63.5 Å². The van der Waals surface area contributed by atoms with Crippen LogP contribution in [0.2, 0.25) is 0 Å². The van der Waals surface area contributed by atoms with Crippen molar-refractivity contribution in [3.8, 4) is 0 Å². The highest BCUT2D eigenvalue weighted by Gasteiger charge is 2.19. The van der Waals surface area contributed by atoms with Gasteiger partial charge in [0.15, 0.2) is 0 Å². The number of hydrogen-bond donors (Lipinski definition) is 0. The monoisotopic (exact) mass is 298 g/mol. The van der Waals surface area contributed by atoms with Crippen LogP contribution in [0.3, 0.4) is 0 Å². The highest BCUT2D eigenvalue weighted by molar-refractivity contribution is 5.94. The molecule has 0 N–H and O–H groups in total. The Morgan fingerprint density at radius 3 is 2.14 bits per heavy atom. The van der Waals surface area contributed by atoms with Crippen molar-refractivity contribution in [3.05, 3.63) is 75.3 Å². The first-order valence-electron chi connectivity index (χ1n) is 6.98. The van der Waals surface area contributed by atoms with Gasteiger partial charge in [-0.05, 0) is 31.5 Å². The molecule has 0 aliphatic rings. The second kappa shape index (κ2) is 6.39. The lowest BCUT2D eigenvalue weighted by atomic mass is 10.0. The van der Waals surface area contributed by atoms with Gasteiger partial charge >= 0.3 is 0 Å². The average molecular weight is 298 g/mol. The van der Waals surface area contributed by atoms with Crippen LogP contribution in [0, 0.1) is 17.0 Å². The number of non-ortho nitro benzene ring substituents is 1. The van der Waals surface area contributed by atoms with E-state index in [1.165, 1.54) is 29.8 Å². The second-order valence-electron chi connectivity index (χ2n) is 5.31. The molecule has 1 amide bonds. The summed E-state index contributed by atoms with van der Waals surface area (Å²) in [6.45, 7) is 3.97. The number of rotatable bonds is 4. The molecule has 2 aromatic rings. The molecule has 0 fully saturated rings. The molecule has 5 nitrogen and oxygen atoms in total. The van der Waals surface area contributed by atoms with Crippen LogP contribution in [-0.2, 0) is 0 Å². The summed E-state index contributed by atoms with van der Waals surface area (Å²) in [6, 6.07) is 13.6. The molecule has 0 aliphatic carbocycles. The molecule has 114 valence electrons. The molecule has 2 aromatic carbocycles. The molecular weight excluding hydrogens is 280 g/mol. The minimum Gasteiger partial charge on any atom is -0.335 e. The van der Waals surface area contributed by atoms with E-state index in [2.05, 4.69) is 0 Å². The number of nitrogens with zero attached hydrogens (tertiary/aromatic N) is 2. The van der Waals surface area contributed by atoms with Gasteiger partial charge in [-0.2, -0.15) is 0 Å². The molecule has 0 aliphatic heterocycles. The Bertz CT molecular complexity index is 678. The van der Waals surface area contributed by atoms with Crippen molar-refractivity contribution in [2.75, 3.05) is 7.05 Å². The summed E-state index contributed by atoms with van der Waals surface area (Å²) in [5.41, 5.74) is 2.63. The second-order valence-corrected chi connectivity index (χ2v) is 5.31. The van der Waals surface area contributed by atoms with E-state index in [0.717, 1.165) is 5.56 Å². The Morgan fingerprint density at radius 2 is 1.64 bits per heavy atom. The molecule has 0 aromatic heterocycles. The molecule has 0 radical (unpaired) electrons. The normalized spacial score (nSPS) is 11.8. The Balaban J connectivity index is 2.17.